The highest BCUT2D eigenvalue weighted by Gasteiger charge is 2.15. The van der Waals surface area contributed by atoms with Gasteiger partial charge in [-0.3, -0.25) is 9.89 Å². The molecule has 0 bridgehead atoms. The van der Waals surface area contributed by atoms with Gasteiger partial charge in [-0.25, -0.2) is 4.98 Å². The Labute approximate surface area is 110 Å². The number of nitrogen functional groups attached to an aromatic ring is 1. The third kappa shape index (κ3) is 2.82. The smallest absolute Gasteiger partial charge is 0.257 e. The van der Waals surface area contributed by atoms with Crippen LogP contribution in [0, 0.1) is 6.92 Å². The van der Waals surface area contributed by atoms with Crippen LogP contribution in [0.4, 0.5) is 5.82 Å². The number of aryl methyl sites for hydroxylation is 1. The van der Waals surface area contributed by atoms with E-state index in [-0.39, 0.29) is 11.7 Å². The number of methoxy groups -OCH3 is 1. The van der Waals surface area contributed by atoms with Crippen molar-refractivity contribution in [2.75, 3.05) is 12.8 Å². The number of ether oxygens (including phenoxy) is 1. The van der Waals surface area contributed by atoms with E-state index in [0.717, 1.165) is 5.56 Å². The Bertz CT molecular complexity index is 557. The van der Waals surface area contributed by atoms with Crippen LogP contribution in [0.25, 0.3) is 0 Å². The molecule has 0 aromatic carbocycles. The van der Waals surface area contributed by atoms with E-state index >= 15 is 0 Å². The fraction of sp³-hybridized carbons (Fsp3) is 0.250. The van der Waals surface area contributed by atoms with Crippen molar-refractivity contribution in [3.63, 3.8) is 0 Å². The molecule has 19 heavy (non-hydrogen) atoms. The molecule has 0 aliphatic rings. The van der Waals surface area contributed by atoms with Gasteiger partial charge >= 0.3 is 0 Å². The molecule has 7 heteroatoms. The van der Waals surface area contributed by atoms with Crippen LogP contribution >= 0.6 is 0 Å². The second-order valence-electron chi connectivity index (χ2n) is 4.00. The molecular formula is C12H15N5O2. The Hall–Kier alpha value is -2.57. The van der Waals surface area contributed by atoms with Crippen molar-refractivity contribution in [3.05, 3.63) is 35.2 Å². The van der Waals surface area contributed by atoms with Gasteiger partial charge in [-0.05, 0) is 12.5 Å². The molecule has 0 aliphatic carbocycles. The van der Waals surface area contributed by atoms with Crippen molar-refractivity contribution in [1.29, 1.82) is 0 Å². The second-order valence-corrected chi connectivity index (χ2v) is 4.00. The molecule has 2 aromatic heterocycles. The minimum absolute atomic E-state index is 0.197. The lowest BCUT2D eigenvalue weighted by molar-refractivity contribution is 0.0951. The normalized spacial score (nSPS) is 10.2. The van der Waals surface area contributed by atoms with Gasteiger partial charge < -0.3 is 15.8 Å². The average molecular weight is 261 g/mol. The summed E-state index contributed by atoms with van der Waals surface area (Å²) in [5.74, 6) is 0.465. The standard InChI is InChI=1S/C12H15N5O2/c1-7-10(11(13)17-16-7)12(18)15-6-8-3-4-9(19-2)14-5-8/h3-5H,6H2,1-2H3,(H,15,18)(H3,13,16,17). The van der Waals surface area contributed by atoms with Gasteiger partial charge in [0.1, 0.15) is 5.56 Å². The van der Waals surface area contributed by atoms with Crippen LogP contribution in [-0.4, -0.2) is 28.2 Å². The van der Waals surface area contributed by atoms with Gasteiger partial charge in [0.2, 0.25) is 5.88 Å². The highest BCUT2D eigenvalue weighted by molar-refractivity contribution is 5.99. The quantitative estimate of drug-likeness (QED) is 0.748. The first-order chi connectivity index (χ1) is 9.11. The zero-order valence-corrected chi connectivity index (χ0v) is 10.7. The summed E-state index contributed by atoms with van der Waals surface area (Å²) in [6.45, 7) is 2.10. The molecule has 2 rings (SSSR count). The largest absolute Gasteiger partial charge is 0.481 e. The summed E-state index contributed by atoms with van der Waals surface area (Å²) in [6, 6.07) is 3.57. The third-order valence-corrected chi connectivity index (χ3v) is 2.66. The van der Waals surface area contributed by atoms with E-state index in [1.165, 1.54) is 0 Å². The summed E-state index contributed by atoms with van der Waals surface area (Å²) in [5.41, 5.74) is 7.50. The number of nitrogens with two attached hydrogens (primary N) is 1. The van der Waals surface area contributed by atoms with Crippen molar-refractivity contribution >= 4 is 11.7 Å². The molecule has 2 aromatic rings. The summed E-state index contributed by atoms with van der Waals surface area (Å²) in [4.78, 5) is 16.0. The number of nitrogens with one attached hydrogen (secondary N) is 2. The van der Waals surface area contributed by atoms with Crippen LogP contribution in [0.15, 0.2) is 18.3 Å². The molecule has 0 spiro atoms. The molecule has 0 atom stereocenters. The summed E-state index contributed by atoms with van der Waals surface area (Å²) in [5, 5.41) is 9.21. The fourth-order valence-electron chi connectivity index (χ4n) is 1.64. The number of aromatic amines is 1. The first-order valence-electron chi connectivity index (χ1n) is 5.69. The minimum Gasteiger partial charge on any atom is -0.481 e. The Kier molecular flexibility index (Phi) is 3.65. The number of anilines is 1. The van der Waals surface area contributed by atoms with E-state index in [0.29, 0.717) is 23.7 Å². The Balaban J connectivity index is 2.00. The zero-order valence-electron chi connectivity index (χ0n) is 10.7. The van der Waals surface area contributed by atoms with Crippen LogP contribution in [0.1, 0.15) is 21.6 Å². The van der Waals surface area contributed by atoms with E-state index in [9.17, 15) is 4.79 Å². The Morgan fingerprint density at radius 2 is 2.32 bits per heavy atom. The second kappa shape index (κ2) is 5.38. The molecule has 0 fully saturated rings. The lowest BCUT2D eigenvalue weighted by Gasteiger charge is -2.05. The van der Waals surface area contributed by atoms with Gasteiger partial charge in [0.15, 0.2) is 5.82 Å². The minimum atomic E-state index is -0.264. The van der Waals surface area contributed by atoms with Gasteiger partial charge in [-0.1, -0.05) is 6.07 Å². The van der Waals surface area contributed by atoms with E-state index < -0.39 is 0 Å². The summed E-state index contributed by atoms with van der Waals surface area (Å²) in [7, 11) is 1.55. The fourth-order valence-corrected chi connectivity index (χ4v) is 1.64. The predicted octanol–water partition coefficient (Wildman–Crippen LogP) is 0.634. The van der Waals surface area contributed by atoms with Crippen LogP contribution < -0.4 is 15.8 Å². The lowest BCUT2D eigenvalue weighted by atomic mass is 10.2. The lowest BCUT2D eigenvalue weighted by Crippen LogP contribution is -2.24. The van der Waals surface area contributed by atoms with Gasteiger partial charge in [0, 0.05) is 24.5 Å². The van der Waals surface area contributed by atoms with Crippen molar-refractivity contribution < 1.29 is 9.53 Å². The van der Waals surface area contributed by atoms with Crippen LogP contribution in [-0.2, 0) is 6.54 Å². The molecule has 1 amide bonds. The van der Waals surface area contributed by atoms with Crippen molar-refractivity contribution in [2.45, 2.75) is 13.5 Å². The van der Waals surface area contributed by atoms with Crippen molar-refractivity contribution in [2.24, 2.45) is 0 Å². The van der Waals surface area contributed by atoms with Crippen LogP contribution in [0.5, 0.6) is 5.88 Å². The van der Waals surface area contributed by atoms with Gasteiger partial charge in [-0.15, -0.1) is 0 Å². The maximum absolute atomic E-state index is 11.9. The molecule has 100 valence electrons. The Morgan fingerprint density at radius 3 is 2.84 bits per heavy atom. The van der Waals surface area contributed by atoms with E-state index in [1.54, 1.807) is 26.3 Å². The van der Waals surface area contributed by atoms with Crippen LogP contribution in [0.2, 0.25) is 0 Å². The highest BCUT2D eigenvalue weighted by Crippen LogP contribution is 2.12. The maximum Gasteiger partial charge on any atom is 0.257 e. The number of pyridine rings is 1. The molecule has 0 aliphatic heterocycles. The van der Waals surface area contributed by atoms with Crippen molar-refractivity contribution in [1.82, 2.24) is 20.5 Å². The molecule has 7 nitrogen and oxygen atoms in total. The molecule has 0 unspecified atom stereocenters. The first-order valence-corrected chi connectivity index (χ1v) is 5.69. The van der Waals surface area contributed by atoms with Gasteiger partial charge in [-0.2, -0.15) is 5.10 Å². The number of amides is 1. The van der Waals surface area contributed by atoms with E-state index in [2.05, 4.69) is 20.5 Å². The SMILES string of the molecule is COc1ccc(CNC(=O)c2c(N)n[nH]c2C)cn1. The number of hydrogen-bond donors (Lipinski definition) is 3. The monoisotopic (exact) mass is 261 g/mol. The number of carbonyl (C=O) groups is 1. The number of rotatable bonds is 4. The van der Waals surface area contributed by atoms with Crippen molar-refractivity contribution in [3.8, 4) is 5.88 Å². The van der Waals surface area contributed by atoms with E-state index in [4.69, 9.17) is 10.5 Å². The molecular weight excluding hydrogens is 246 g/mol. The maximum atomic E-state index is 11.9. The topological polar surface area (TPSA) is 106 Å². The first kappa shape index (κ1) is 12.9. The number of carbonyl (C=O) groups excluding carboxylic acids is 1. The van der Waals surface area contributed by atoms with Crippen LogP contribution in [0.3, 0.4) is 0 Å². The third-order valence-electron chi connectivity index (χ3n) is 2.66. The molecule has 0 radical (unpaired) electrons. The molecule has 0 saturated carbocycles. The number of nitrogens with zero attached hydrogens (tertiary/aromatic N) is 2. The molecule has 2 heterocycles. The Morgan fingerprint density at radius 1 is 1.53 bits per heavy atom. The summed E-state index contributed by atoms with van der Waals surface area (Å²) < 4.78 is 4.96. The van der Waals surface area contributed by atoms with E-state index in [1.807, 2.05) is 6.07 Å². The highest BCUT2D eigenvalue weighted by atomic mass is 16.5. The average Bonchev–Trinajstić information content (AvgIpc) is 2.76. The summed E-state index contributed by atoms with van der Waals surface area (Å²) in [6.07, 6.45) is 1.64. The van der Waals surface area contributed by atoms with Gasteiger partial charge in [0.05, 0.1) is 7.11 Å². The number of aromatic nitrogens is 3. The predicted molar refractivity (Wildman–Crippen MR) is 69.7 cm³/mol. The zero-order chi connectivity index (χ0) is 13.8. The number of H-pyrrole nitrogens is 1. The number of hydrogen-bond acceptors (Lipinski definition) is 5. The molecule has 0 saturated heterocycles. The molecule has 4 N–H and O–H groups in total. The van der Waals surface area contributed by atoms with Gasteiger partial charge in [0.25, 0.3) is 5.91 Å². The summed E-state index contributed by atoms with van der Waals surface area (Å²) >= 11 is 0.